The van der Waals surface area contributed by atoms with E-state index in [2.05, 4.69) is 20.7 Å². The minimum Gasteiger partial charge on any atom is -0.464 e. The van der Waals surface area contributed by atoms with Crippen LogP contribution in [0.3, 0.4) is 0 Å². The predicted octanol–water partition coefficient (Wildman–Crippen LogP) is 2.49. The predicted molar refractivity (Wildman–Crippen MR) is 62.6 cm³/mol. The average molecular weight is 308 g/mol. The van der Waals surface area contributed by atoms with E-state index in [9.17, 15) is 13.6 Å². The van der Waals surface area contributed by atoms with Crippen molar-refractivity contribution in [2.45, 2.75) is 19.1 Å². The Labute approximate surface area is 106 Å². The topological polar surface area (TPSA) is 52.3 Å². The van der Waals surface area contributed by atoms with Crippen LogP contribution in [0.5, 0.6) is 0 Å². The fourth-order valence-electron chi connectivity index (χ4n) is 1.30. The van der Waals surface area contributed by atoms with Gasteiger partial charge in [0.05, 0.1) is 12.6 Å². The van der Waals surface area contributed by atoms with Crippen LogP contribution in [0.25, 0.3) is 0 Å². The third kappa shape index (κ3) is 3.47. The molecule has 0 bridgehead atoms. The van der Waals surface area contributed by atoms with Gasteiger partial charge in [0.15, 0.2) is 0 Å². The van der Waals surface area contributed by atoms with Gasteiger partial charge in [-0.15, -0.1) is 0 Å². The molecule has 2 N–H and O–H groups in total. The summed E-state index contributed by atoms with van der Waals surface area (Å²) >= 11 is 3.07. The van der Waals surface area contributed by atoms with Gasteiger partial charge >= 0.3 is 5.97 Å². The number of carbonyl (C=O) groups is 1. The first-order valence-electron chi connectivity index (χ1n) is 4.98. The monoisotopic (exact) mass is 307 g/mol. The molecule has 0 radical (unpaired) electrons. The van der Waals surface area contributed by atoms with E-state index < -0.39 is 24.0 Å². The van der Waals surface area contributed by atoms with Gasteiger partial charge in [0.2, 0.25) is 6.17 Å². The molecule has 0 heterocycles. The Kier molecular flexibility index (Phi) is 5.02. The van der Waals surface area contributed by atoms with E-state index in [1.807, 2.05) is 0 Å². The number of hydrogen-bond acceptors (Lipinski definition) is 3. The molecular formula is C11H12BrF2NO2. The maximum absolute atomic E-state index is 13.6. The Balaban J connectivity index is 2.88. The zero-order chi connectivity index (χ0) is 13.0. The van der Waals surface area contributed by atoms with Crippen molar-refractivity contribution in [2.24, 2.45) is 5.73 Å². The van der Waals surface area contributed by atoms with Crippen LogP contribution in [-0.4, -0.2) is 18.7 Å². The molecule has 3 nitrogen and oxygen atoms in total. The number of hydrogen-bond donors (Lipinski definition) is 1. The summed E-state index contributed by atoms with van der Waals surface area (Å²) in [5, 5.41) is 0. The maximum atomic E-state index is 13.6. The standard InChI is InChI=1S/C11H12BrF2NO2/c1-2-17-11(16)9(14)10(15)7-4-3-6(13)5-8(7)12/h3-5,9-10H,2,15H2,1H3/t9?,10-/m0/s1. The summed E-state index contributed by atoms with van der Waals surface area (Å²) in [6.07, 6.45) is -1.98. The molecule has 17 heavy (non-hydrogen) atoms. The van der Waals surface area contributed by atoms with Crippen LogP contribution in [-0.2, 0) is 9.53 Å². The van der Waals surface area contributed by atoms with Crippen molar-refractivity contribution >= 4 is 21.9 Å². The van der Waals surface area contributed by atoms with E-state index >= 15 is 0 Å². The summed E-state index contributed by atoms with van der Waals surface area (Å²) < 4.78 is 31.3. The summed E-state index contributed by atoms with van der Waals surface area (Å²) in [5.74, 6) is -1.49. The molecule has 0 amide bonds. The molecule has 0 saturated heterocycles. The smallest absolute Gasteiger partial charge is 0.342 e. The van der Waals surface area contributed by atoms with Crippen LogP contribution in [0.15, 0.2) is 22.7 Å². The minimum absolute atomic E-state index is 0.0799. The number of benzene rings is 1. The minimum atomic E-state index is -1.98. The second-order valence-electron chi connectivity index (χ2n) is 3.35. The summed E-state index contributed by atoms with van der Waals surface area (Å²) in [6.45, 7) is 1.65. The molecule has 94 valence electrons. The second kappa shape index (κ2) is 6.07. The van der Waals surface area contributed by atoms with E-state index in [0.29, 0.717) is 10.0 Å². The lowest BCUT2D eigenvalue weighted by Crippen LogP contribution is -2.31. The fraction of sp³-hybridized carbons (Fsp3) is 0.364. The molecule has 0 aliphatic rings. The molecule has 1 aromatic carbocycles. The summed E-state index contributed by atoms with van der Waals surface area (Å²) in [7, 11) is 0. The van der Waals surface area contributed by atoms with Crippen molar-refractivity contribution in [1.82, 2.24) is 0 Å². The van der Waals surface area contributed by atoms with Gasteiger partial charge in [0.1, 0.15) is 5.82 Å². The van der Waals surface area contributed by atoms with E-state index in [0.717, 1.165) is 12.1 Å². The molecule has 0 fully saturated rings. The number of rotatable bonds is 4. The zero-order valence-electron chi connectivity index (χ0n) is 9.12. The number of ether oxygens (including phenoxy) is 1. The van der Waals surface area contributed by atoms with Gasteiger partial charge < -0.3 is 10.5 Å². The molecule has 0 spiro atoms. The van der Waals surface area contributed by atoms with Gasteiger partial charge in [-0.05, 0) is 24.6 Å². The van der Waals surface area contributed by atoms with Gasteiger partial charge in [-0.2, -0.15) is 0 Å². The number of nitrogens with two attached hydrogens (primary N) is 1. The van der Waals surface area contributed by atoms with Gasteiger partial charge in [0.25, 0.3) is 0 Å². The van der Waals surface area contributed by atoms with Gasteiger partial charge in [-0.25, -0.2) is 13.6 Å². The Morgan fingerprint density at radius 2 is 2.24 bits per heavy atom. The molecule has 0 saturated carbocycles. The van der Waals surface area contributed by atoms with Crippen molar-refractivity contribution in [3.8, 4) is 0 Å². The molecule has 1 rings (SSSR count). The highest BCUT2D eigenvalue weighted by molar-refractivity contribution is 9.10. The molecule has 0 aliphatic carbocycles. The maximum Gasteiger partial charge on any atom is 0.342 e. The van der Waals surface area contributed by atoms with E-state index in [1.165, 1.54) is 6.07 Å². The lowest BCUT2D eigenvalue weighted by molar-refractivity contribution is -0.149. The van der Waals surface area contributed by atoms with Crippen LogP contribution in [0.2, 0.25) is 0 Å². The Morgan fingerprint density at radius 1 is 1.59 bits per heavy atom. The van der Waals surface area contributed by atoms with Crippen molar-refractivity contribution in [3.63, 3.8) is 0 Å². The molecule has 0 aromatic heterocycles. The Hall–Kier alpha value is -1.01. The molecule has 1 unspecified atom stereocenters. The molecular weight excluding hydrogens is 296 g/mol. The van der Waals surface area contributed by atoms with Crippen LogP contribution >= 0.6 is 15.9 Å². The summed E-state index contributed by atoms with van der Waals surface area (Å²) in [4.78, 5) is 11.2. The van der Waals surface area contributed by atoms with Crippen molar-refractivity contribution in [3.05, 3.63) is 34.1 Å². The average Bonchev–Trinajstić information content (AvgIpc) is 2.27. The Morgan fingerprint density at radius 3 is 2.76 bits per heavy atom. The first-order chi connectivity index (χ1) is 7.97. The Bertz CT molecular complexity index is 414. The largest absolute Gasteiger partial charge is 0.464 e. The summed E-state index contributed by atoms with van der Waals surface area (Å²) in [6, 6.07) is 2.45. The first kappa shape index (κ1) is 14.1. The third-order valence-corrected chi connectivity index (χ3v) is 2.84. The molecule has 1 aromatic rings. The van der Waals surface area contributed by atoms with E-state index in [1.54, 1.807) is 6.92 Å². The van der Waals surface area contributed by atoms with Gasteiger partial charge in [-0.3, -0.25) is 0 Å². The van der Waals surface area contributed by atoms with E-state index in [-0.39, 0.29) is 6.61 Å². The number of halogens is 3. The number of alkyl halides is 1. The zero-order valence-corrected chi connectivity index (χ0v) is 10.7. The third-order valence-electron chi connectivity index (χ3n) is 2.15. The van der Waals surface area contributed by atoms with Crippen molar-refractivity contribution in [1.29, 1.82) is 0 Å². The SMILES string of the molecule is CCOC(=O)C(F)[C@@H](N)c1ccc(F)cc1Br. The van der Waals surface area contributed by atoms with Crippen LogP contribution < -0.4 is 5.73 Å². The van der Waals surface area contributed by atoms with Crippen LogP contribution in [0, 0.1) is 5.82 Å². The highest BCUT2D eigenvalue weighted by Crippen LogP contribution is 2.26. The quantitative estimate of drug-likeness (QED) is 0.870. The molecule has 2 atom stereocenters. The summed E-state index contributed by atoms with van der Waals surface area (Å²) in [5.41, 5.74) is 5.90. The highest BCUT2D eigenvalue weighted by atomic mass is 79.9. The van der Waals surface area contributed by atoms with Crippen molar-refractivity contribution in [2.75, 3.05) is 6.61 Å². The van der Waals surface area contributed by atoms with Crippen LogP contribution in [0.1, 0.15) is 18.5 Å². The fourth-order valence-corrected chi connectivity index (χ4v) is 1.91. The second-order valence-corrected chi connectivity index (χ2v) is 4.20. The van der Waals surface area contributed by atoms with Crippen LogP contribution in [0.4, 0.5) is 8.78 Å². The molecule has 6 heteroatoms. The van der Waals surface area contributed by atoms with E-state index in [4.69, 9.17) is 5.73 Å². The molecule has 0 aliphatic heterocycles. The van der Waals surface area contributed by atoms with Crippen molar-refractivity contribution < 1.29 is 18.3 Å². The number of carbonyl (C=O) groups excluding carboxylic acids is 1. The first-order valence-corrected chi connectivity index (χ1v) is 5.78. The number of esters is 1. The highest BCUT2D eigenvalue weighted by Gasteiger charge is 2.29. The lowest BCUT2D eigenvalue weighted by atomic mass is 10.0. The van der Waals surface area contributed by atoms with Gasteiger partial charge in [0, 0.05) is 4.47 Å². The van der Waals surface area contributed by atoms with Gasteiger partial charge in [-0.1, -0.05) is 22.0 Å². The normalized spacial score (nSPS) is 14.2. The lowest BCUT2D eigenvalue weighted by Gasteiger charge is -2.17.